The van der Waals surface area contributed by atoms with Crippen LogP contribution in [0.1, 0.15) is 12.0 Å². The van der Waals surface area contributed by atoms with Crippen molar-refractivity contribution in [3.63, 3.8) is 0 Å². The molecule has 2 fully saturated rings. The fourth-order valence-electron chi connectivity index (χ4n) is 4.42. The average molecular weight is 459 g/mol. The first kappa shape index (κ1) is 21.5. The van der Waals surface area contributed by atoms with Gasteiger partial charge in [-0.1, -0.05) is 18.2 Å². The Balaban J connectivity index is 1.51. The number of amides is 1. The zero-order chi connectivity index (χ0) is 22.2. The molecule has 2 aromatic carbocycles. The molecule has 0 aromatic heterocycles. The average Bonchev–Trinajstić information content (AvgIpc) is 3.06. The van der Waals surface area contributed by atoms with E-state index in [1.165, 1.54) is 6.07 Å². The summed E-state index contributed by atoms with van der Waals surface area (Å²) in [5, 5.41) is 0. The molecule has 3 heterocycles. The first-order chi connectivity index (χ1) is 15.5. The Morgan fingerprint density at radius 1 is 0.875 bits per heavy atom. The molecule has 9 heteroatoms. The molecular weight excluding hydrogens is 432 g/mol. The van der Waals surface area contributed by atoms with E-state index in [9.17, 15) is 13.2 Å². The lowest BCUT2D eigenvalue weighted by Gasteiger charge is -2.33. The van der Waals surface area contributed by atoms with E-state index in [-0.39, 0.29) is 15.7 Å². The van der Waals surface area contributed by atoms with Gasteiger partial charge in [0.05, 0.1) is 41.9 Å². The van der Waals surface area contributed by atoms with Crippen molar-refractivity contribution in [3.05, 3.63) is 54.1 Å². The number of carbonyl (C=O) groups excluding carboxylic acids is 1. The molecule has 170 valence electrons. The lowest BCUT2D eigenvalue weighted by molar-refractivity contribution is -0.256. The van der Waals surface area contributed by atoms with Gasteiger partial charge >= 0.3 is 0 Å². The van der Waals surface area contributed by atoms with Gasteiger partial charge in [0.2, 0.25) is 9.84 Å². The molecule has 1 amide bonds. The van der Waals surface area contributed by atoms with Gasteiger partial charge in [-0.3, -0.25) is 9.69 Å². The highest BCUT2D eigenvalue weighted by atomic mass is 32.2. The van der Waals surface area contributed by atoms with Crippen molar-refractivity contribution >= 4 is 21.4 Å². The van der Waals surface area contributed by atoms with E-state index in [2.05, 4.69) is 4.90 Å². The minimum absolute atomic E-state index is 0.113. The highest BCUT2D eigenvalue weighted by Gasteiger charge is 2.55. The Morgan fingerprint density at radius 3 is 2.31 bits per heavy atom. The molecule has 0 bridgehead atoms. The van der Waals surface area contributed by atoms with Gasteiger partial charge in [0.15, 0.2) is 0 Å². The summed E-state index contributed by atoms with van der Waals surface area (Å²) in [6.45, 7) is 4.90. The highest BCUT2D eigenvalue weighted by Crippen LogP contribution is 2.46. The van der Waals surface area contributed by atoms with Crippen molar-refractivity contribution in [3.8, 4) is 0 Å². The summed E-state index contributed by atoms with van der Waals surface area (Å²) in [7, 11) is -3.74. The molecular formula is C23H26N2O6S. The molecule has 32 heavy (non-hydrogen) atoms. The zero-order valence-corrected chi connectivity index (χ0v) is 18.6. The maximum absolute atomic E-state index is 13.5. The summed E-state index contributed by atoms with van der Waals surface area (Å²) in [5.74, 6) is -1.88. The molecule has 3 aliphatic rings. The molecule has 5 rings (SSSR count). The summed E-state index contributed by atoms with van der Waals surface area (Å²) >= 11 is 0. The van der Waals surface area contributed by atoms with Gasteiger partial charge in [-0.25, -0.2) is 8.42 Å². The molecule has 0 unspecified atom stereocenters. The number of fused-ring (bicyclic) bond motifs is 2. The van der Waals surface area contributed by atoms with Crippen molar-refractivity contribution in [2.45, 2.75) is 22.0 Å². The van der Waals surface area contributed by atoms with Gasteiger partial charge in [0, 0.05) is 31.7 Å². The summed E-state index contributed by atoms with van der Waals surface area (Å²) in [4.78, 5) is 17.8. The van der Waals surface area contributed by atoms with E-state index in [0.717, 1.165) is 13.1 Å². The fourth-order valence-corrected chi connectivity index (χ4v) is 5.73. The molecule has 0 saturated carbocycles. The Labute approximate surface area is 187 Å². The quantitative estimate of drug-likeness (QED) is 0.675. The molecule has 2 saturated heterocycles. The standard InChI is InChI=1S/C23H26N2O6S/c26-22-23(30-13-4-14-31-23)20-17-19(32(27,28)18-5-2-1-3-6-18)7-8-21(20)25(22)10-9-24-11-15-29-16-12-24/h1-3,5-8,17H,4,9-16H2. The number of benzene rings is 2. The Bertz CT molecular complexity index is 1090. The van der Waals surface area contributed by atoms with Gasteiger partial charge in [0.25, 0.3) is 11.7 Å². The van der Waals surface area contributed by atoms with Gasteiger partial charge < -0.3 is 19.1 Å². The third-order valence-corrected chi connectivity index (χ3v) is 7.91. The smallest absolute Gasteiger partial charge is 0.292 e. The van der Waals surface area contributed by atoms with Gasteiger partial charge in [-0.15, -0.1) is 0 Å². The van der Waals surface area contributed by atoms with Gasteiger partial charge in [-0.2, -0.15) is 0 Å². The second-order valence-electron chi connectivity index (χ2n) is 8.07. The van der Waals surface area contributed by atoms with E-state index in [1.807, 2.05) is 0 Å². The van der Waals surface area contributed by atoms with Crippen LogP contribution >= 0.6 is 0 Å². The Morgan fingerprint density at radius 2 is 1.59 bits per heavy atom. The van der Waals surface area contributed by atoms with Crippen molar-refractivity contribution in [2.24, 2.45) is 0 Å². The van der Waals surface area contributed by atoms with Crippen molar-refractivity contribution < 1.29 is 27.4 Å². The van der Waals surface area contributed by atoms with Crippen LogP contribution in [-0.2, 0) is 34.6 Å². The predicted octanol–water partition coefficient (Wildman–Crippen LogP) is 1.79. The van der Waals surface area contributed by atoms with E-state index in [1.54, 1.807) is 47.4 Å². The maximum atomic E-state index is 13.5. The molecule has 1 spiro atoms. The van der Waals surface area contributed by atoms with E-state index >= 15 is 0 Å². The SMILES string of the molecule is O=C1N(CCN2CCOCC2)c2ccc(S(=O)(=O)c3ccccc3)cc2C12OCCCO2. The predicted molar refractivity (Wildman–Crippen MR) is 116 cm³/mol. The van der Waals surface area contributed by atoms with Gasteiger partial charge in [-0.05, 0) is 36.8 Å². The molecule has 2 aromatic rings. The van der Waals surface area contributed by atoms with Crippen molar-refractivity contribution in [1.29, 1.82) is 0 Å². The van der Waals surface area contributed by atoms with Crippen LogP contribution < -0.4 is 4.90 Å². The lowest BCUT2D eigenvalue weighted by Crippen LogP contribution is -2.49. The first-order valence-electron chi connectivity index (χ1n) is 10.9. The number of hydrogen-bond donors (Lipinski definition) is 0. The second-order valence-corrected chi connectivity index (χ2v) is 10.0. The molecule has 0 radical (unpaired) electrons. The van der Waals surface area contributed by atoms with E-state index in [0.29, 0.717) is 57.2 Å². The Kier molecular flexibility index (Phi) is 5.77. The third kappa shape index (κ3) is 3.64. The molecule has 0 aliphatic carbocycles. The number of morpholine rings is 1. The minimum atomic E-state index is -3.74. The monoisotopic (exact) mass is 458 g/mol. The number of carbonyl (C=O) groups is 1. The van der Waals surface area contributed by atoms with Crippen LogP contribution in [0.3, 0.4) is 0 Å². The van der Waals surface area contributed by atoms with Crippen LogP contribution in [0.4, 0.5) is 5.69 Å². The number of sulfone groups is 1. The largest absolute Gasteiger partial charge is 0.379 e. The summed E-state index contributed by atoms with van der Waals surface area (Å²) in [6, 6.07) is 13.0. The first-order valence-corrected chi connectivity index (χ1v) is 12.4. The maximum Gasteiger partial charge on any atom is 0.292 e. The minimum Gasteiger partial charge on any atom is -0.379 e. The molecule has 0 N–H and O–H groups in total. The van der Waals surface area contributed by atoms with Crippen LogP contribution in [0.2, 0.25) is 0 Å². The van der Waals surface area contributed by atoms with Crippen molar-refractivity contribution in [1.82, 2.24) is 4.90 Å². The summed E-state index contributed by atoms with van der Waals surface area (Å²) < 4.78 is 43.6. The number of nitrogens with zero attached hydrogens (tertiary/aromatic N) is 2. The summed E-state index contributed by atoms with van der Waals surface area (Å²) in [6.07, 6.45) is 0.681. The van der Waals surface area contributed by atoms with Crippen LogP contribution in [0, 0.1) is 0 Å². The third-order valence-electron chi connectivity index (χ3n) is 6.15. The van der Waals surface area contributed by atoms with Crippen LogP contribution in [-0.4, -0.2) is 71.8 Å². The molecule has 0 atom stereocenters. The highest BCUT2D eigenvalue weighted by molar-refractivity contribution is 7.91. The van der Waals surface area contributed by atoms with Crippen LogP contribution in [0.25, 0.3) is 0 Å². The molecule has 3 aliphatic heterocycles. The number of rotatable bonds is 5. The van der Waals surface area contributed by atoms with Crippen LogP contribution in [0.15, 0.2) is 58.3 Å². The molecule has 8 nitrogen and oxygen atoms in total. The summed E-state index contributed by atoms with van der Waals surface area (Å²) in [5.41, 5.74) is 1.10. The second kappa shape index (κ2) is 8.57. The lowest BCUT2D eigenvalue weighted by atomic mass is 10.1. The van der Waals surface area contributed by atoms with Crippen molar-refractivity contribution in [2.75, 3.05) is 57.5 Å². The topological polar surface area (TPSA) is 85.4 Å². The van der Waals surface area contributed by atoms with Gasteiger partial charge in [0.1, 0.15) is 0 Å². The Hall–Kier alpha value is -2.30. The number of hydrogen-bond acceptors (Lipinski definition) is 7. The number of anilines is 1. The van der Waals surface area contributed by atoms with E-state index in [4.69, 9.17) is 14.2 Å². The fraction of sp³-hybridized carbons (Fsp3) is 0.435. The van der Waals surface area contributed by atoms with E-state index < -0.39 is 15.6 Å². The zero-order valence-electron chi connectivity index (χ0n) is 17.7. The normalized spacial score (nSPS) is 21.1. The number of ether oxygens (including phenoxy) is 3. The van der Waals surface area contributed by atoms with Crippen LogP contribution in [0.5, 0.6) is 0 Å².